The third-order valence-electron chi connectivity index (χ3n) is 4.60. The number of halogens is 1. The molecule has 98 valence electrons. The first-order valence-electron chi connectivity index (χ1n) is 6.91. The molecule has 0 spiro atoms. The van der Waals surface area contributed by atoms with Crippen LogP contribution in [-0.4, -0.2) is 24.5 Å². The molecule has 2 unspecified atom stereocenters. The van der Waals surface area contributed by atoms with E-state index in [-0.39, 0.29) is 0 Å². The van der Waals surface area contributed by atoms with Crippen molar-refractivity contribution >= 4 is 15.9 Å². The second-order valence-electron chi connectivity index (χ2n) is 5.67. The van der Waals surface area contributed by atoms with Gasteiger partial charge >= 0.3 is 0 Å². The van der Waals surface area contributed by atoms with Crippen LogP contribution >= 0.6 is 15.9 Å². The van der Waals surface area contributed by atoms with Crippen LogP contribution in [0.2, 0.25) is 0 Å². The third-order valence-corrected chi connectivity index (χ3v) is 5.35. The molecule has 0 aliphatic heterocycles. The minimum Gasteiger partial charge on any atom is -0.329 e. The molecule has 2 aliphatic rings. The maximum absolute atomic E-state index is 5.98. The van der Waals surface area contributed by atoms with Gasteiger partial charge in [-0.3, -0.25) is 4.90 Å². The lowest BCUT2D eigenvalue weighted by Crippen LogP contribution is -2.41. The van der Waals surface area contributed by atoms with Gasteiger partial charge < -0.3 is 5.73 Å². The molecular formula is C15H21BrN2. The molecule has 0 heterocycles. The summed E-state index contributed by atoms with van der Waals surface area (Å²) >= 11 is 3.68. The molecule has 0 saturated heterocycles. The van der Waals surface area contributed by atoms with Crippen LogP contribution in [0.1, 0.15) is 36.4 Å². The summed E-state index contributed by atoms with van der Waals surface area (Å²) in [6, 6.07) is 7.73. The maximum atomic E-state index is 5.98. The van der Waals surface area contributed by atoms with E-state index in [4.69, 9.17) is 5.73 Å². The van der Waals surface area contributed by atoms with E-state index in [2.05, 4.69) is 46.1 Å². The highest BCUT2D eigenvalue weighted by atomic mass is 79.9. The van der Waals surface area contributed by atoms with Gasteiger partial charge in [0.1, 0.15) is 0 Å². The van der Waals surface area contributed by atoms with E-state index >= 15 is 0 Å². The topological polar surface area (TPSA) is 29.3 Å². The largest absolute Gasteiger partial charge is 0.329 e. The Bertz CT molecular complexity index is 442. The van der Waals surface area contributed by atoms with Crippen LogP contribution in [0.25, 0.3) is 0 Å². The lowest BCUT2D eigenvalue weighted by Gasteiger charge is -2.33. The van der Waals surface area contributed by atoms with Gasteiger partial charge in [0.15, 0.2) is 0 Å². The molecule has 0 bridgehead atoms. The first kappa shape index (κ1) is 12.6. The number of rotatable bonds is 4. The Morgan fingerprint density at radius 1 is 1.39 bits per heavy atom. The Morgan fingerprint density at radius 3 is 2.83 bits per heavy atom. The average molecular weight is 309 g/mol. The van der Waals surface area contributed by atoms with Gasteiger partial charge in [-0.05, 0) is 55.8 Å². The van der Waals surface area contributed by atoms with Crippen LogP contribution in [0, 0.1) is 5.92 Å². The molecule has 0 radical (unpaired) electrons. The molecule has 1 aromatic rings. The van der Waals surface area contributed by atoms with Gasteiger partial charge in [0.2, 0.25) is 0 Å². The number of hydrogen-bond donors (Lipinski definition) is 1. The fourth-order valence-corrected chi connectivity index (χ4v) is 3.99. The first-order chi connectivity index (χ1) is 8.72. The summed E-state index contributed by atoms with van der Waals surface area (Å²) in [6.45, 7) is 0.793. The first-order valence-corrected chi connectivity index (χ1v) is 7.71. The summed E-state index contributed by atoms with van der Waals surface area (Å²) in [5.74, 6) is 0.844. The Labute approximate surface area is 118 Å². The summed E-state index contributed by atoms with van der Waals surface area (Å²) in [7, 11) is 2.26. The van der Waals surface area contributed by atoms with E-state index in [9.17, 15) is 0 Å². The van der Waals surface area contributed by atoms with Crippen LogP contribution in [0.15, 0.2) is 22.7 Å². The summed E-state index contributed by atoms with van der Waals surface area (Å²) in [4.78, 5) is 2.54. The van der Waals surface area contributed by atoms with E-state index in [0.29, 0.717) is 12.1 Å². The van der Waals surface area contributed by atoms with Gasteiger partial charge in [-0.25, -0.2) is 0 Å². The zero-order valence-corrected chi connectivity index (χ0v) is 12.5. The van der Waals surface area contributed by atoms with Crippen LogP contribution in [0.4, 0.5) is 0 Å². The standard InChI is InChI=1S/C15H21BrN2/c1-18(15(9-17)10-5-6-10)14-8-7-11-12(14)3-2-4-13(11)16/h2-4,10,14-15H,5-9,17H2,1H3. The van der Waals surface area contributed by atoms with Gasteiger partial charge in [-0.1, -0.05) is 28.1 Å². The molecule has 0 aromatic heterocycles. The number of nitrogens with two attached hydrogens (primary N) is 1. The highest BCUT2D eigenvalue weighted by molar-refractivity contribution is 9.10. The van der Waals surface area contributed by atoms with Crippen molar-refractivity contribution in [3.63, 3.8) is 0 Å². The minimum absolute atomic E-state index is 0.562. The highest BCUT2D eigenvalue weighted by Crippen LogP contribution is 2.43. The number of likely N-dealkylation sites (N-methyl/N-ethyl adjacent to an activating group) is 1. The smallest absolute Gasteiger partial charge is 0.0354 e. The zero-order chi connectivity index (χ0) is 12.7. The van der Waals surface area contributed by atoms with Gasteiger partial charge in [0.05, 0.1) is 0 Å². The summed E-state index contributed by atoms with van der Waals surface area (Å²) in [5.41, 5.74) is 8.99. The molecule has 1 aromatic carbocycles. The molecule has 2 aliphatic carbocycles. The van der Waals surface area contributed by atoms with Crippen molar-refractivity contribution in [3.8, 4) is 0 Å². The summed E-state index contributed by atoms with van der Waals surface area (Å²) in [5, 5.41) is 0. The Balaban J connectivity index is 1.84. The Kier molecular flexibility index (Phi) is 3.48. The maximum Gasteiger partial charge on any atom is 0.0354 e. The van der Waals surface area contributed by atoms with Crippen LogP contribution < -0.4 is 5.73 Å². The van der Waals surface area contributed by atoms with Crippen LogP contribution in [-0.2, 0) is 6.42 Å². The minimum atomic E-state index is 0.562. The molecule has 0 amide bonds. The molecule has 18 heavy (non-hydrogen) atoms. The molecule has 1 fully saturated rings. The lowest BCUT2D eigenvalue weighted by atomic mass is 10.0. The molecular weight excluding hydrogens is 288 g/mol. The van der Waals surface area contributed by atoms with Crippen molar-refractivity contribution in [2.24, 2.45) is 11.7 Å². The van der Waals surface area contributed by atoms with Crippen molar-refractivity contribution in [2.45, 2.75) is 37.8 Å². The SMILES string of the molecule is CN(C1CCc2c(Br)cccc21)C(CN)C1CC1. The lowest BCUT2D eigenvalue weighted by molar-refractivity contribution is 0.159. The van der Waals surface area contributed by atoms with E-state index in [1.165, 1.54) is 41.3 Å². The number of fused-ring (bicyclic) bond motifs is 1. The predicted molar refractivity (Wildman–Crippen MR) is 78.5 cm³/mol. The van der Waals surface area contributed by atoms with Gasteiger partial charge in [0.25, 0.3) is 0 Å². The second-order valence-corrected chi connectivity index (χ2v) is 6.52. The fourth-order valence-electron chi connectivity index (χ4n) is 3.41. The van der Waals surface area contributed by atoms with Gasteiger partial charge in [-0.15, -0.1) is 0 Å². The fraction of sp³-hybridized carbons (Fsp3) is 0.600. The summed E-state index contributed by atoms with van der Waals surface area (Å²) < 4.78 is 1.27. The van der Waals surface area contributed by atoms with E-state index in [0.717, 1.165) is 12.5 Å². The quantitative estimate of drug-likeness (QED) is 0.926. The average Bonchev–Trinajstić information content (AvgIpc) is 3.09. The molecule has 2 nitrogen and oxygen atoms in total. The van der Waals surface area contributed by atoms with Gasteiger partial charge in [0, 0.05) is 23.1 Å². The summed E-state index contributed by atoms with van der Waals surface area (Å²) in [6.07, 6.45) is 5.15. The van der Waals surface area contributed by atoms with E-state index < -0.39 is 0 Å². The predicted octanol–water partition coefficient (Wildman–Crippen LogP) is 3.11. The monoisotopic (exact) mass is 308 g/mol. The van der Waals surface area contributed by atoms with Crippen molar-refractivity contribution < 1.29 is 0 Å². The van der Waals surface area contributed by atoms with E-state index in [1.807, 2.05) is 0 Å². The molecule has 3 heteroatoms. The third kappa shape index (κ3) is 2.13. The number of benzene rings is 1. The van der Waals surface area contributed by atoms with E-state index in [1.54, 1.807) is 0 Å². The Hall–Kier alpha value is -0.380. The van der Waals surface area contributed by atoms with Crippen LogP contribution in [0.5, 0.6) is 0 Å². The van der Waals surface area contributed by atoms with Crippen molar-refractivity contribution in [1.29, 1.82) is 0 Å². The molecule has 2 N–H and O–H groups in total. The van der Waals surface area contributed by atoms with Crippen LogP contribution in [0.3, 0.4) is 0 Å². The molecule has 2 atom stereocenters. The number of hydrogen-bond acceptors (Lipinski definition) is 2. The van der Waals surface area contributed by atoms with Crippen molar-refractivity contribution in [1.82, 2.24) is 4.90 Å². The second kappa shape index (κ2) is 4.95. The van der Waals surface area contributed by atoms with Crippen molar-refractivity contribution in [3.05, 3.63) is 33.8 Å². The highest BCUT2D eigenvalue weighted by Gasteiger charge is 2.37. The molecule has 3 rings (SSSR count). The molecule has 1 saturated carbocycles. The van der Waals surface area contributed by atoms with Gasteiger partial charge in [-0.2, -0.15) is 0 Å². The zero-order valence-electron chi connectivity index (χ0n) is 10.9. The normalized spacial score (nSPS) is 24.3. The Morgan fingerprint density at radius 2 is 2.17 bits per heavy atom. The van der Waals surface area contributed by atoms with Crippen molar-refractivity contribution in [2.75, 3.05) is 13.6 Å². The number of nitrogens with zero attached hydrogens (tertiary/aromatic N) is 1.